The Bertz CT molecular complexity index is 1650. The Morgan fingerprint density at radius 1 is 0.535 bits per heavy atom. The van der Waals surface area contributed by atoms with Gasteiger partial charge < -0.3 is 0 Å². The van der Waals surface area contributed by atoms with Crippen molar-refractivity contribution in [3.8, 4) is 0 Å². The normalized spacial score (nSPS) is 13.9. The lowest BCUT2D eigenvalue weighted by molar-refractivity contribution is 0.437. The van der Waals surface area contributed by atoms with Crippen LogP contribution in [0.2, 0.25) is 0 Å². The van der Waals surface area contributed by atoms with Gasteiger partial charge in [0.05, 0.1) is 9.40 Å². The first-order chi connectivity index (χ1) is 20.3. The molecule has 4 heteroatoms. The van der Waals surface area contributed by atoms with Crippen LogP contribution in [0.15, 0.2) is 35.0 Å². The van der Waals surface area contributed by atoms with Crippen LogP contribution >= 0.6 is 45.3 Å². The lowest BCUT2D eigenvalue weighted by Gasteiger charge is -2.13. The summed E-state index contributed by atoms with van der Waals surface area (Å²) in [5.74, 6) is 3.25. The first-order valence-electron chi connectivity index (χ1n) is 16.5. The Labute approximate surface area is 276 Å². The smallest absolute Gasteiger partial charge is 0.0548 e. The summed E-state index contributed by atoms with van der Waals surface area (Å²) >= 11 is 8.02. The molecule has 6 aromatic rings. The first-order valence-corrected chi connectivity index (χ1v) is 19.9. The highest BCUT2D eigenvalue weighted by Crippen LogP contribution is 2.51. The molecule has 0 nitrogen and oxygen atoms in total. The van der Waals surface area contributed by atoms with Crippen LogP contribution in [-0.2, 0) is 12.8 Å². The lowest BCUT2D eigenvalue weighted by atomic mass is 9.93. The second kappa shape index (κ2) is 14.3. The average Bonchev–Trinajstić information content (AvgIpc) is 3.72. The summed E-state index contributed by atoms with van der Waals surface area (Å²) in [4.78, 5) is 0. The summed E-state index contributed by atoms with van der Waals surface area (Å²) in [6.07, 6.45) is 13.2. The molecule has 4 aromatic heterocycles. The number of benzene rings is 2. The van der Waals surface area contributed by atoms with Crippen molar-refractivity contribution in [1.29, 1.82) is 0 Å². The van der Waals surface area contributed by atoms with Gasteiger partial charge in [-0.25, -0.2) is 0 Å². The van der Waals surface area contributed by atoms with Gasteiger partial charge in [-0.05, 0) is 95.5 Å². The fraction of sp³-hybridized carbons (Fsp3) is 0.538. The number of fused-ring (bicyclic) bond motifs is 9. The van der Waals surface area contributed by atoms with Gasteiger partial charge in [0.15, 0.2) is 0 Å². The van der Waals surface area contributed by atoms with E-state index < -0.39 is 0 Å². The molecule has 0 spiro atoms. The monoisotopic (exact) mass is 648 g/mol. The van der Waals surface area contributed by atoms with E-state index in [1.165, 1.54) is 114 Å². The van der Waals surface area contributed by atoms with Crippen LogP contribution in [0.25, 0.3) is 49.7 Å². The molecule has 0 aliphatic carbocycles. The van der Waals surface area contributed by atoms with E-state index in [-0.39, 0.29) is 7.43 Å². The SMILES string of the molecule is C.CC(C)CCCC(C)CCc1cc2sc3c(sc4cc(CCC(C)CCCC(C)C)c5sccc5c43)c2c2ccsc12. The van der Waals surface area contributed by atoms with Gasteiger partial charge in [-0.3, -0.25) is 0 Å². The third kappa shape index (κ3) is 7.03. The Morgan fingerprint density at radius 2 is 0.953 bits per heavy atom. The van der Waals surface area contributed by atoms with Gasteiger partial charge >= 0.3 is 0 Å². The summed E-state index contributed by atoms with van der Waals surface area (Å²) in [5.41, 5.74) is 3.15. The van der Waals surface area contributed by atoms with E-state index in [1.807, 2.05) is 22.7 Å². The molecule has 4 heterocycles. The molecule has 0 amide bonds. The third-order valence-corrected chi connectivity index (χ3v) is 13.8. The molecule has 232 valence electrons. The summed E-state index contributed by atoms with van der Waals surface area (Å²) in [7, 11) is 0. The van der Waals surface area contributed by atoms with Crippen molar-refractivity contribution in [3.63, 3.8) is 0 Å². The van der Waals surface area contributed by atoms with Gasteiger partial charge in [-0.1, -0.05) is 87.5 Å². The molecule has 2 atom stereocenters. The largest absolute Gasteiger partial charge is 0.144 e. The van der Waals surface area contributed by atoms with Crippen LogP contribution in [0.3, 0.4) is 0 Å². The zero-order chi connectivity index (χ0) is 29.4. The maximum atomic E-state index is 2.57. The van der Waals surface area contributed by atoms with Crippen molar-refractivity contribution in [2.75, 3.05) is 0 Å². The summed E-state index contributed by atoms with van der Waals surface area (Å²) in [6.45, 7) is 14.3. The predicted octanol–water partition coefficient (Wildman–Crippen LogP) is 15.1. The van der Waals surface area contributed by atoms with Crippen LogP contribution in [0.1, 0.15) is 111 Å². The van der Waals surface area contributed by atoms with Crippen LogP contribution in [-0.4, -0.2) is 0 Å². The van der Waals surface area contributed by atoms with E-state index >= 15 is 0 Å². The average molecular weight is 649 g/mol. The van der Waals surface area contributed by atoms with E-state index in [0.29, 0.717) is 0 Å². The molecule has 2 unspecified atom stereocenters. The van der Waals surface area contributed by atoms with Crippen LogP contribution < -0.4 is 0 Å². The van der Waals surface area contributed by atoms with E-state index in [0.717, 1.165) is 23.7 Å². The van der Waals surface area contributed by atoms with E-state index in [1.54, 1.807) is 11.1 Å². The van der Waals surface area contributed by atoms with Gasteiger partial charge in [0.2, 0.25) is 0 Å². The molecule has 0 N–H and O–H groups in total. The van der Waals surface area contributed by atoms with E-state index in [2.05, 4.69) is 99.2 Å². The zero-order valence-electron chi connectivity index (χ0n) is 26.5. The molecule has 0 saturated heterocycles. The molecular weight excluding hydrogens is 597 g/mol. The first kappa shape index (κ1) is 32.9. The van der Waals surface area contributed by atoms with E-state index in [9.17, 15) is 0 Å². The molecule has 0 radical (unpaired) electrons. The van der Waals surface area contributed by atoms with Crippen LogP contribution in [0.5, 0.6) is 0 Å². The Kier molecular flexibility index (Phi) is 11.0. The molecule has 0 aliphatic rings. The van der Waals surface area contributed by atoms with Crippen LogP contribution in [0.4, 0.5) is 0 Å². The van der Waals surface area contributed by atoms with Crippen LogP contribution in [0, 0.1) is 23.7 Å². The predicted molar refractivity (Wildman–Crippen MR) is 205 cm³/mol. The summed E-state index contributed by atoms with van der Waals surface area (Å²) in [6, 6.07) is 9.94. The highest BCUT2D eigenvalue weighted by atomic mass is 32.1. The fourth-order valence-electron chi connectivity index (χ4n) is 6.85. The van der Waals surface area contributed by atoms with E-state index in [4.69, 9.17) is 0 Å². The Balaban J connectivity index is 0.00000368. The third-order valence-electron chi connectivity index (χ3n) is 9.41. The molecule has 0 fully saturated rings. The minimum absolute atomic E-state index is 0. The van der Waals surface area contributed by atoms with Gasteiger partial charge in [-0.15, -0.1) is 45.3 Å². The second-order valence-electron chi connectivity index (χ2n) is 13.9. The van der Waals surface area contributed by atoms with Gasteiger partial charge in [0.1, 0.15) is 0 Å². The van der Waals surface area contributed by atoms with Crippen molar-refractivity contribution >= 4 is 95.1 Å². The number of aryl methyl sites for hydroxylation is 2. The van der Waals surface area contributed by atoms with Gasteiger partial charge in [0.25, 0.3) is 0 Å². The minimum Gasteiger partial charge on any atom is -0.144 e. The molecule has 0 bridgehead atoms. The number of hydrogen-bond donors (Lipinski definition) is 0. The van der Waals surface area contributed by atoms with Crippen molar-refractivity contribution in [2.45, 2.75) is 113 Å². The molecule has 6 rings (SSSR count). The molecular formula is C39H52S4. The van der Waals surface area contributed by atoms with Gasteiger partial charge in [0, 0.05) is 40.3 Å². The number of hydrogen-bond acceptors (Lipinski definition) is 4. The zero-order valence-corrected chi connectivity index (χ0v) is 29.7. The maximum Gasteiger partial charge on any atom is 0.0548 e. The quantitative estimate of drug-likeness (QED) is 0.110. The molecule has 43 heavy (non-hydrogen) atoms. The topological polar surface area (TPSA) is 0 Å². The molecule has 2 aromatic carbocycles. The standard InChI is InChI=1S/C38H48S4.CH4/c1-23(2)9-7-11-25(5)13-15-27-21-31-33(29-17-19-39-35(27)29)37-38(41-31)34-30-18-20-40-36(30)28(22-32(34)42-37)16-14-26(6)12-8-10-24(3)4;/h17-26H,7-16H2,1-6H3;1H4. The highest BCUT2D eigenvalue weighted by Gasteiger charge is 2.20. The highest BCUT2D eigenvalue weighted by molar-refractivity contribution is 7.37. The summed E-state index contributed by atoms with van der Waals surface area (Å²) < 4.78 is 9.09. The van der Waals surface area contributed by atoms with Crippen molar-refractivity contribution in [2.24, 2.45) is 23.7 Å². The molecule has 0 aliphatic heterocycles. The summed E-state index contributed by atoms with van der Waals surface area (Å²) in [5, 5.41) is 10.7. The Morgan fingerprint density at radius 3 is 1.35 bits per heavy atom. The van der Waals surface area contributed by atoms with Crippen molar-refractivity contribution in [3.05, 3.63) is 46.2 Å². The van der Waals surface area contributed by atoms with Crippen molar-refractivity contribution in [1.82, 2.24) is 0 Å². The van der Waals surface area contributed by atoms with Crippen molar-refractivity contribution < 1.29 is 0 Å². The minimum atomic E-state index is 0. The second-order valence-corrected chi connectivity index (χ2v) is 17.9. The molecule has 0 saturated carbocycles. The fourth-order valence-corrected chi connectivity index (χ4v) is 11.6. The Hall–Kier alpha value is -1.46. The maximum absolute atomic E-state index is 2.57. The number of thiophene rings is 4. The number of rotatable bonds is 14. The lowest BCUT2D eigenvalue weighted by Crippen LogP contribution is -1.99. The van der Waals surface area contributed by atoms with Gasteiger partial charge in [-0.2, -0.15) is 0 Å².